The zero-order valence-electron chi connectivity index (χ0n) is 6.53. The van der Waals surface area contributed by atoms with Gasteiger partial charge in [0.2, 0.25) is 10.1 Å². The molecule has 0 N–H and O–H groups in total. The van der Waals surface area contributed by atoms with Gasteiger partial charge in [-0.2, -0.15) is 0 Å². The van der Waals surface area contributed by atoms with Crippen LogP contribution in [0.4, 0.5) is 0 Å². The summed E-state index contributed by atoms with van der Waals surface area (Å²) in [5.74, 6) is 0. The third-order valence-electron chi connectivity index (χ3n) is 0. The summed E-state index contributed by atoms with van der Waals surface area (Å²) in [4.78, 5) is 0. The van der Waals surface area contributed by atoms with Crippen LogP contribution in [0.2, 0.25) is 0 Å². The van der Waals surface area contributed by atoms with Crippen molar-refractivity contribution in [3.63, 3.8) is 0 Å². The fraction of sp³-hybridized carbons (Fsp3) is 0. The van der Waals surface area contributed by atoms with Crippen LogP contribution in [-0.2, 0) is 4.46 Å². The van der Waals surface area contributed by atoms with E-state index in [9.17, 15) is 0 Å². The smallest absolute Gasteiger partial charge is 1.00 e. The Morgan fingerprint density at radius 3 is 1.50 bits per heavy atom. The van der Waals surface area contributed by atoms with Crippen molar-refractivity contribution in [3.05, 3.63) is 0 Å². The van der Waals surface area contributed by atoms with Gasteiger partial charge >= 0.3 is 71.9 Å². The molecule has 0 saturated carbocycles. The third-order valence-corrected chi connectivity index (χ3v) is 0. The zero-order valence-corrected chi connectivity index (χ0v) is 9.80. The van der Waals surface area contributed by atoms with Crippen molar-refractivity contribution < 1.29 is 10.2 Å². The van der Waals surface area contributed by atoms with Gasteiger partial charge in [-0.05, 0) is 0 Å². The van der Waals surface area contributed by atoms with E-state index >= 15 is 0 Å². The molecule has 0 saturated heterocycles. The van der Waals surface area contributed by atoms with Crippen LogP contribution in [-0.4, -0.2) is 82.1 Å². The van der Waals surface area contributed by atoms with Gasteiger partial charge in [0.05, 0.1) is 0 Å². The molecule has 0 aromatic rings. The van der Waals surface area contributed by atoms with E-state index < -0.39 is 0 Å². The van der Waals surface area contributed by atoms with Crippen LogP contribution in [0.5, 0.6) is 0 Å². The van der Waals surface area contributed by atoms with E-state index in [-0.39, 0.29) is 77.6 Å². The van der Waals surface area contributed by atoms with E-state index in [1.54, 1.807) is 0 Å². The molecule has 0 fully saturated rings. The zero-order chi connectivity index (χ0) is 2.00. The molecule has 0 amide bonds. The molecule has 4 heavy (non-hydrogen) atoms. The molecular weight excluding hydrogens is 206 g/mol. The van der Waals surface area contributed by atoms with Crippen molar-refractivity contribution in [1.82, 2.24) is 0 Å². The second-order valence-corrected chi connectivity index (χ2v) is 0. The third kappa shape index (κ3) is 8.84. The summed E-state index contributed by atoms with van der Waals surface area (Å²) in [6.45, 7) is 0. The normalized spacial score (nSPS) is 1.00. The topological polar surface area (TPSA) is 17.1 Å². The molecule has 20 valence electrons. The molecule has 0 atom stereocenters. The van der Waals surface area contributed by atoms with Crippen LogP contribution in [0.3, 0.4) is 0 Å². The summed E-state index contributed by atoms with van der Waals surface area (Å²) in [6, 6.07) is 0. The maximum Gasteiger partial charge on any atom is 2.00 e. The average Bonchev–Trinajstić information content (AvgIpc) is 1.00. The maximum absolute atomic E-state index is 8.28. The summed E-state index contributed by atoms with van der Waals surface area (Å²) in [5.41, 5.74) is 0. The van der Waals surface area contributed by atoms with Crippen molar-refractivity contribution in [1.29, 1.82) is 0 Å². The molecule has 0 radical (unpaired) electrons. The molecule has 0 aliphatic heterocycles. The minimum absolute atomic E-state index is 0. The first kappa shape index (κ1) is 16.2. The molecule has 0 aliphatic rings. The molecule has 4 heteroatoms. The first-order valence-electron chi connectivity index (χ1n) is 0.289. The van der Waals surface area contributed by atoms with Crippen molar-refractivity contribution in [2.45, 2.75) is 0 Å². The standard InChI is InChI=1S/Ba.Mg.H2OSi.4H/c;;1-2;;;;/h;;2H2;;;;/q2*+2;;4*-1. The molecule has 1 nitrogen and oxygen atoms in total. The number of hydrogen-bond acceptors (Lipinski definition) is 1. The fourth-order valence-electron chi connectivity index (χ4n) is 0. The summed E-state index contributed by atoms with van der Waals surface area (Å²) < 4.78 is 8.28. The van der Waals surface area contributed by atoms with Gasteiger partial charge < -0.3 is 10.2 Å². The Balaban J connectivity index is -0.000000000333. The average molecular weight is 212 g/mol. The van der Waals surface area contributed by atoms with Gasteiger partial charge in [-0.3, -0.25) is 0 Å². The van der Waals surface area contributed by atoms with Crippen molar-refractivity contribution >= 4 is 82.1 Å². The molecule has 0 aromatic heterocycles. The fourth-order valence-corrected chi connectivity index (χ4v) is 0. The number of rotatable bonds is 0. The second kappa shape index (κ2) is 18.3. The molecule has 0 heterocycles. The van der Waals surface area contributed by atoms with Crippen LogP contribution in [0, 0.1) is 0 Å². The predicted octanol–water partition coefficient (Wildman–Crippen LogP) is -1.35. The van der Waals surface area contributed by atoms with Crippen LogP contribution in [0.15, 0.2) is 0 Å². The van der Waals surface area contributed by atoms with Gasteiger partial charge in [0, 0.05) is 0 Å². The van der Waals surface area contributed by atoms with Crippen LogP contribution < -0.4 is 0 Å². The molecule has 0 aliphatic carbocycles. The second-order valence-electron chi connectivity index (χ2n) is 0. The first-order chi connectivity index (χ1) is 1.00. The molecule has 0 rings (SSSR count). The maximum atomic E-state index is 8.28. The van der Waals surface area contributed by atoms with E-state index in [4.69, 9.17) is 4.46 Å². The molecular formula is H6BaMgOSi. The predicted molar refractivity (Wildman–Crippen MR) is 25.2 cm³/mol. The summed E-state index contributed by atoms with van der Waals surface area (Å²) in [6.07, 6.45) is 0. The summed E-state index contributed by atoms with van der Waals surface area (Å²) >= 11 is 0. The van der Waals surface area contributed by atoms with Crippen LogP contribution in [0.1, 0.15) is 5.71 Å². The van der Waals surface area contributed by atoms with Gasteiger partial charge in [-0.1, -0.05) is 0 Å². The number of hydrogen-bond donors (Lipinski definition) is 0. The Hall–Kier alpha value is 2.35. The van der Waals surface area contributed by atoms with Crippen LogP contribution in [0.25, 0.3) is 0 Å². The molecule has 0 bridgehead atoms. The van der Waals surface area contributed by atoms with E-state index in [0.29, 0.717) is 10.1 Å². The van der Waals surface area contributed by atoms with Gasteiger partial charge in [0.1, 0.15) is 0 Å². The first-order valence-corrected chi connectivity index (χ1v) is 0.866. The van der Waals surface area contributed by atoms with E-state index in [2.05, 4.69) is 0 Å². The van der Waals surface area contributed by atoms with Gasteiger partial charge in [0.25, 0.3) is 0 Å². The molecule has 0 spiro atoms. The van der Waals surface area contributed by atoms with Gasteiger partial charge in [0.15, 0.2) is 0 Å². The Labute approximate surface area is 90.6 Å². The Bertz CT molecular complexity index is 16.0. The minimum atomic E-state index is 0. The SMILES string of the molecule is O=[SiH2].[Ba+2].[H-].[H-].[H-].[H-].[Mg+2]. The quantitative estimate of drug-likeness (QED) is 0.453. The van der Waals surface area contributed by atoms with Crippen molar-refractivity contribution in [3.8, 4) is 0 Å². The molecule has 0 aromatic carbocycles. The van der Waals surface area contributed by atoms with E-state index in [1.807, 2.05) is 0 Å². The minimum Gasteiger partial charge on any atom is -1.00 e. The summed E-state index contributed by atoms with van der Waals surface area (Å²) in [5, 5.41) is 0. The Morgan fingerprint density at radius 2 is 1.50 bits per heavy atom. The van der Waals surface area contributed by atoms with E-state index in [0.717, 1.165) is 0 Å². The van der Waals surface area contributed by atoms with Crippen molar-refractivity contribution in [2.75, 3.05) is 0 Å². The van der Waals surface area contributed by atoms with Gasteiger partial charge in [-0.15, -0.1) is 0 Å². The Kier molecular flexibility index (Phi) is 74.1. The Morgan fingerprint density at radius 1 is 1.50 bits per heavy atom. The van der Waals surface area contributed by atoms with E-state index in [1.165, 1.54) is 0 Å². The summed E-state index contributed by atoms with van der Waals surface area (Å²) in [7, 11) is 0.611. The monoisotopic (exact) mass is 212 g/mol. The molecule has 0 unspecified atom stereocenters. The largest absolute Gasteiger partial charge is 2.00 e. The van der Waals surface area contributed by atoms with Crippen molar-refractivity contribution in [2.24, 2.45) is 0 Å². The van der Waals surface area contributed by atoms with Gasteiger partial charge in [-0.25, -0.2) is 0 Å². The van der Waals surface area contributed by atoms with Crippen LogP contribution >= 0.6 is 0 Å².